The van der Waals surface area contributed by atoms with Crippen molar-refractivity contribution >= 4 is 57.0 Å². The Kier molecular flexibility index (Phi) is 19.5. The molecule has 0 atom stereocenters. The van der Waals surface area contributed by atoms with Crippen LogP contribution in [0.2, 0.25) is 0 Å². The Bertz CT molecular complexity index is 1240. The Morgan fingerprint density at radius 1 is 0.654 bits per heavy atom. The number of ketones is 3. The van der Waals surface area contributed by atoms with Crippen molar-refractivity contribution in [2.75, 3.05) is 14.2 Å². The maximum absolute atomic E-state index is 11.8. The largest absolute Gasteiger partial charge is 0.481 e. The van der Waals surface area contributed by atoms with Crippen LogP contribution in [-0.2, 0) is 38.4 Å². The Morgan fingerprint density at radius 2 is 1.00 bits per heavy atom. The third-order valence-electron chi connectivity index (χ3n) is 11.4. The van der Waals surface area contributed by atoms with E-state index in [0.29, 0.717) is 6.42 Å². The van der Waals surface area contributed by atoms with Crippen LogP contribution >= 0.6 is 0 Å². The Balaban J connectivity index is 0.000000628. The summed E-state index contributed by atoms with van der Waals surface area (Å²) >= 11 is 0. The minimum absolute atomic E-state index is 0.0765. The van der Waals surface area contributed by atoms with E-state index < -0.39 is 23.1 Å². The molecule has 0 aromatic rings. The molecule has 4 radical (unpaired) electrons. The van der Waals surface area contributed by atoms with Gasteiger partial charge in [0.15, 0.2) is 5.78 Å². The minimum atomic E-state index is -1.29. The lowest BCUT2D eigenvalue weighted by Gasteiger charge is -2.38. The molecule has 0 spiro atoms. The summed E-state index contributed by atoms with van der Waals surface area (Å²) in [6, 6.07) is 0. The highest BCUT2D eigenvalue weighted by Gasteiger charge is 2.44. The zero-order valence-electron chi connectivity index (χ0n) is 33.7. The van der Waals surface area contributed by atoms with Gasteiger partial charge in [-0.25, -0.2) is 9.86 Å². The van der Waals surface area contributed by atoms with Crippen LogP contribution in [0.1, 0.15) is 158 Å². The fourth-order valence-electron chi connectivity index (χ4n) is 6.18. The summed E-state index contributed by atoms with van der Waals surface area (Å²) in [5.74, 6) is -2.77. The second-order valence-corrected chi connectivity index (χ2v) is 17.7. The van der Waals surface area contributed by atoms with Gasteiger partial charge in [0.1, 0.15) is 6.29 Å². The molecule has 1 amide bonds. The van der Waals surface area contributed by atoms with Crippen LogP contribution in [0, 0.1) is 32.5 Å². The van der Waals surface area contributed by atoms with Gasteiger partial charge in [-0.15, -0.1) is 0 Å². The number of nitrogens with zero attached hydrogens (tertiary/aromatic N) is 1. The average Bonchev–Trinajstić information content (AvgIpc) is 3.02. The number of carbonyl (C=O) groups is 7. The first-order chi connectivity index (χ1) is 23.8. The van der Waals surface area contributed by atoms with Crippen LogP contribution in [0.5, 0.6) is 0 Å². The number of aliphatic carboxylic acids is 2. The SMILES string of the molecule is CC(C)(C)CC(=O)C(=O)C1(C)CCC1.CC1(C(=O)C(=O)O)CCC1.CC1(C(=O)O)CCC1.CC1(C=O)CCC1.CON(C)C(=O)C1(C)CCC1.[B][B]. The van der Waals surface area contributed by atoms with Gasteiger partial charge in [-0.3, -0.25) is 28.8 Å². The summed E-state index contributed by atoms with van der Waals surface area (Å²) < 4.78 is 0. The summed E-state index contributed by atoms with van der Waals surface area (Å²) in [7, 11) is 11.2. The van der Waals surface area contributed by atoms with E-state index in [1.165, 1.54) is 25.0 Å². The summed E-state index contributed by atoms with van der Waals surface area (Å²) in [4.78, 5) is 81.2. The highest BCUT2D eigenvalue weighted by Crippen LogP contribution is 2.43. The van der Waals surface area contributed by atoms with Crippen LogP contribution in [0.15, 0.2) is 0 Å². The first kappa shape index (κ1) is 49.2. The van der Waals surface area contributed by atoms with Crippen LogP contribution < -0.4 is 0 Å². The molecule has 5 rings (SSSR count). The van der Waals surface area contributed by atoms with Gasteiger partial charge in [0, 0.05) is 50.6 Å². The maximum atomic E-state index is 11.8. The van der Waals surface area contributed by atoms with E-state index in [4.69, 9.17) is 15.1 Å². The van der Waals surface area contributed by atoms with Crippen molar-refractivity contribution in [1.82, 2.24) is 5.06 Å². The van der Waals surface area contributed by atoms with Crippen LogP contribution in [0.25, 0.3) is 0 Å². The summed E-state index contributed by atoms with van der Waals surface area (Å²) in [5, 5.41) is 18.1. The van der Waals surface area contributed by atoms with Crippen molar-refractivity contribution in [3.05, 3.63) is 0 Å². The van der Waals surface area contributed by atoms with Crippen molar-refractivity contribution in [1.29, 1.82) is 0 Å². The second kappa shape index (κ2) is 20.6. The van der Waals surface area contributed by atoms with E-state index >= 15 is 0 Å². The van der Waals surface area contributed by atoms with Gasteiger partial charge in [-0.1, -0.05) is 80.6 Å². The molecule has 0 aromatic carbocycles. The monoisotopic (exact) mass is 729 g/mol. The van der Waals surface area contributed by atoms with Gasteiger partial charge >= 0.3 is 11.9 Å². The molecule has 52 heavy (non-hydrogen) atoms. The van der Waals surface area contributed by atoms with Gasteiger partial charge in [-0.2, -0.15) is 0 Å². The van der Waals surface area contributed by atoms with Crippen molar-refractivity contribution < 1.29 is 48.6 Å². The molecule has 0 aromatic heterocycles. The Hall–Kier alpha value is -2.82. The number of amides is 1. The standard InChI is InChI=1S/C12H20O2.C8H15NO2.C7H10O3.C6H10O2.C6H10O.B2/c1-11(2,3)8-9(13)10(14)12(4)6-5-7-12;1-8(5-4-6-8)7(10)9(2)11-3;1-7(3-2-4-7)5(8)6(9)10;1-6(5(7)8)3-2-4-6;1-6(5-7)3-2-4-6;1-2/h5-8H2,1-4H3;4-6H2,1-3H3;2-4H2,1H3,(H,9,10);2-4H2,1H3,(H,7,8);5H,2-4H2,1H3;. The molecule has 5 aliphatic rings. The normalized spacial score (nSPS) is 21.1. The number of carboxylic acids is 2. The van der Waals surface area contributed by atoms with Crippen LogP contribution in [-0.4, -0.2) is 86.4 Å². The minimum Gasteiger partial charge on any atom is -0.481 e. The number of carbonyl (C=O) groups excluding carboxylic acids is 5. The number of aldehydes is 1. The van der Waals surface area contributed by atoms with Gasteiger partial charge in [0.2, 0.25) is 11.6 Å². The molecule has 5 saturated carbocycles. The number of hydrogen-bond donors (Lipinski definition) is 2. The summed E-state index contributed by atoms with van der Waals surface area (Å²) in [5.41, 5.74) is -1.34. The highest BCUT2D eigenvalue weighted by molar-refractivity contribution is 6.75. The number of rotatable bonds is 9. The summed E-state index contributed by atoms with van der Waals surface area (Å²) in [6.07, 6.45) is 16.2. The first-order valence-electron chi connectivity index (χ1n) is 18.5. The maximum Gasteiger partial charge on any atom is 0.372 e. The summed E-state index contributed by atoms with van der Waals surface area (Å²) in [6.45, 7) is 15.4. The molecule has 11 nitrogen and oxygen atoms in total. The molecular formula is C39H65B2NO10. The van der Waals surface area contributed by atoms with Crippen molar-refractivity contribution in [2.24, 2.45) is 32.5 Å². The molecule has 13 heteroatoms. The zero-order chi connectivity index (χ0) is 40.8. The molecule has 0 unspecified atom stereocenters. The third-order valence-corrected chi connectivity index (χ3v) is 11.4. The number of Topliss-reactive ketones (excluding diaryl/α,β-unsaturated/α-hetero) is 3. The van der Waals surface area contributed by atoms with E-state index in [-0.39, 0.29) is 44.5 Å². The van der Waals surface area contributed by atoms with Crippen molar-refractivity contribution in [3.8, 4) is 0 Å². The molecule has 5 fully saturated rings. The molecule has 0 saturated heterocycles. The van der Waals surface area contributed by atoms with Gasteiger partial charge in [0.05, 0.1) is 12.5 Å². The number of carboxylic acid groups (broad SMARTS) is 2. The predicted molar refractivity (Wildman–Crippen MR) is 202 cm³/mol. The molecule has 0 bridgehead atoms. The molecular weight excluding hydrogens is 664 g/mol. The lowest BCUT2D eigenvalue weighted by atomic mass is 9.66. The number of hydrogen-bond acceptors (Lipinski definition) is 8. The predicted octanol–water partition coefficient (Wildman–Crippen LogP) is 6.65. The Morgan fingerprint density at radius 3 is 1.15 bits per heavy atom. The fourth-order valence-corrected chi connectivity index (χ4v) is 6.18. The van der Waals surface area contributed by atoms with Gasteiger partial charge < -0.3 is 15.0 Å². The fraction of sp³-hybridized carbons (Fsp3) is 0.821. The van der Waals surface area contributed by atoms with E-state index in [0.717, 1.165) is 89.8 Å². The van der Waals surface area contributed by atoms with E-state index in [1.807, 2.05) is 41.5 Å². The molecule has 2 N–H and O–H groups in total. The third kappa shape index (κ3) is 14.5. The van der Waals surface area contributed by atoms with E-state index in [2.05, 4.69) is 15.5 Å². The molecule has 0 aliphatic heterocycles. The molecule has 292 valence electrons. The second-order valence-electron chi connectivity index (χ2n) is 17.7. The van der Waals surface area contributed by atoms with Gasteiger partial charge in [-0.05, 0) is 76.5 Å². The van der Waals surface area contributed by atoms with Crippen molar-refractivity contribution in [2.45, 2.75) is 158 Å². The smallest absolute Gasteiger partial charge is 0.372 e. The topological polar surface area (TPSA) is 172 Å². The van der Waals surface area contributed by atoms with Crippen LogP contribution in [0.4, 0.5) is 0 Å². The quantitative estimate of drug-likeness (QED) is 0.113. The molecule has 0 heterocycles. The number of hydroxylamine groups is 2. The van der Waals surface area contributed by atoms with Crippen molar-refractivity contribution in [3.63, 3.8) is 0 Å². The Labute approximate surface area is 314 Å². The van der Waals surface area contributed by atoms with E-state index in [1.54, 1.807) is 20.9 Å². The highest BCUT2D eigenvalue weighted by atomic mass is 16.7. The molecule has 5 aliphatic carbocycles. The lowest BCUT2D eigenvalue weighted by molar-refractivity contribution is -0.184. The first-order valence-corrected chi connectivity index (χ1v) is 18.5. The van der Waals surface area contributed by atoms with Crippen LogP contribution in [0.3, 0.4) is 0 Å². The average molecular weight is 730 g/mol. The van der Waals surface area contributed by atoms with E-state index in [9.17, 15) is 33.6 Å². The lowest BCUT2D eigenvalue weighted by Crippen LogP contribution is -2.43. The van der Waals surface area contributed by atoms with Gasteiger partial charge in [0.25, 0.3) is 5.91 Å². The zero-order valence-corrected chi connectivity index (χ0v) is 33.7.